The van der Waals surface area contributed by atoms with Gasteiger partial charge in [0.1, 0.15) is 70.6 Å². The molecule has 0 saturated carbocycles. The molecule has 0 radical (unpaired) electrons. The van der Waals surface area contributed by atoms with Crippen molar-refractivity contribution in [3.8, 4) is 5.75 Å². The molecule has 4 bridgehead atoms. The Morgan fingerprint density at radius 2 is 1.53 bits per heavy atom. The van der Waals surface area contributed by atoms with E-state index in [9.17, 15) is 67.7 Å². The summed E-state index contributed by atoms with van der Waals surface area (Å²) in [6.07, 6.45) is 2.34. The highest BCUT2D eigenvalue weighted by Gasteiger charge is 2.65. The standard InChI is InChI=1S/C85H119ClN10O20S3/c1-20-52(6)74(78(104)94(17)63(49(2)3)42-66(113-56(10)97)77-88-62(47-119-77)76(103)87-59(38-53(7)79(105)106)39-57-28-26-50(4)27-29-57)89-81(108)83(11,12)92(15)34-30-61(99)46-96-71(101)32-36-118-48-117-35-31-70(100)95(96)45-60(98)24-22-33-91(14)55(9)80(107)115-69-43-72(102)93(16)64-40-58(41-65(111-18)73(64)86)37-51(5)23-21-25-68(112-19)85(110)44-67(114-82(109)90-85)54(8)75-84(69,13)116-75/h21,23,25-29,31-32,35-36,40-41,47,49,52-55,59,63,66-69,74-75,110H,20,22,24,30,33-34,37-39,42-46,48H2,1-19H3,(H,87,103)(H,89,108)(H,90,109)(H,105,106)/b25-21+,35-31+,36-32+,51-23+/t52-,53?,54+,55-,59+,63+,66+,67?,68+,69-,74-,75+,84-,85-/m0/s1. The molecular weight excluding hydrogens is 1610 g/mol. The number of Topliss-reactive ketones (excluding diaryl/α,β-unsaturated/α-hetero) is 2. The number of alkyl carbamates (subject to hydrolysis) is 1. The van der Waals surface area contributed by atoms with Crippen molar-refractivity contribution in [2.45, 2.75) is 226 Å². The number of aromatic nitrogens is 1. The zero-order chi connectivity index (χ0) is 88.3. The Kier molecular flexibility index (Phi) is 35.9. The van der Waals surface area contributed by atoms with E-state index in [0.717, 1.165) is 43.6 Å². The van der Waals surface area contributed by atoms with E-state index < -0.39 is 180 Å². The van der Waals surface area contributed by atoms with Gasteiger partial charge in [-0.2, -0.15) is 0 Å². The molecule has 2 aromatic carbocycles. The molecule has 1 aromatic heterocycles. The van der Waals surface area contributed by atoms with E-state index in [-0.39, 0.29) is 68.2 Å². The number of hydrogen-bond acceptors (Lipinski definition) is 25. The number of epoxide rings is 1. The second-order valence-corrected chi connectivity index (χ2v) is 35.9. The third-order valence-corrected chi connectivity index (χ3v) is 25.9. The van der Waals surface area contributed by atoms with E-state index in [1.54, 1.807) is 104 Å². The van der Waals surface area contributed by atoms with E-state index in [4.69, 9.17) is 40.0 Å². The molecule has 7 amide bonds. The van der Waals surface area contributed by atoms with Gasteiger partial charge in [0.2, 0.25) is 17.7 Å². The lowest BCUT2D eigenvalue weighted by Crippen LogP contribution is -2.63. The Bertz CT molecular complexity index is 4270. The fraction of sp³-hybridized carbons (Fsp3) is 0.588. The summed E-state index contributed by atoms with van der Waals surface area (Å²) < 4.78 is 35.7. The molecule has 7 rings (SSSR count). The number of aliphatic carboxylic acids is 1. The van der Waals surface area contributed by atoms with Crippen LogP contribution < -0.4 is 25.6 Å². The largest absolute Gasteiger partial charge is 0.495 e. The van der Waals surface area contributed by atoms with Gasteiger partial charge < -0.3 is 59.1 Å². The van der Waals surface area contributed by atoms with Crippen molar-refractivity contribution in [2.24, 2.45) is 23.7 Å². The highest BCUT2D eigenvalue weighted by atomic mass is 35.5. The predicted molar refractivity (Wildman–Crippen MR) is 455 cm³/mol. The van der Waals surface area contributed by atoms with Gasteiger partial charge in [0.05, 0.1) is 36.8 Å². The maximum absolute atomic E-state index is 15.0. The van der Waals surface area contributed by atoms with Gasteiger partial charge in [0.25, 0.3) is 17.7 Å². The van der Waals surface area contributed by atoms with Crippen LogP contribution in [0.3, 0.4) is 0 Å². The van der Waals surface area contributed by atoms with Gasteiger partial charge in [0.15, 0.2) is 23.4 Å². The summed E-state index contributed by atoms with van der Waals surface area (Å²) in [7, 11) is 9.29. The quantitative estimate of drug-likeness (QED) is 0.0208. The molecule has 5 heterocycles. The smallest absolute Gasteiger partial charge is 0.409 e. The molecule has 14 atom stereocenters. The van der Waals surface area contributed by atoms with Gasteiger partial charge in [-0.05, 0) is 134 Å². The number of halogens is 1. The van der Waals surface area contributed by atoms with Crippen molar-refractivity contribution >= 4 is 123 Å². The molecule has 2 fully saturated rings. The fourth-order valence-electron chi connectivity index (χ4n) is 14.5. The lowest BCUT2D eigenvalue weighted by Gasteiger charge is -2.42. The molecule has 4 aliphatic heterocycles. The average molecular weight is 1730 g/mol. The van der Waals surface area contributed by atoms with Crippen molar-refractivity contribution in [3.63, 3.8) is 0 Å². The second-order valence-electron chi connectivity index (χ2n) is 32.5. The normalized spacial score (nSPS) is 23.8. The number of aliphatic hydroxyl groups is 1. The summed E-state index contributed by atoms with van der Waals surface area (Å²) in [4.78, 5) is 178. The van der Waals surface area contributed by atoms with Crippen LogP contribution in [0.1, 0.15) is 173 Å². The monoisotopic (exact) mass is 1730 g/mol. The minimum Gasteiger partial charge on any atom is -0.495 e. The second kappa shape index (κ2) is 43.8. The summed E-state index contributed by atoms with van der Waals surface area (Å²) in [5, 5.41) is 37.6. The third kappa shape index (κ3) is 26.5. The highest BCUT2D eigenvalue weighted by Crippen LogP contribution is 2.50. The van der Waals surface area contributed by atoms with Crippen LogP contribution in [-0.4, -0.2) is 250 Å². The number of ether oxygens (including phenoxy) is 6. The molecular formula is C85H119ClN10O20S3. The first-order chi connectivity index (χ1) is 56.0. The minimum absolute atomic E-state index is 0.0358. The summed E-state index contributed by atoms with van der Waals surface area (Å²) in [6, 6.07) is 8.03. The van der Waals surface area contributed by atoms with Gasteiger partial charge in [-0.1, -0.05) is 113 Å². The number of methoxy groups -OCH3 is 2. The van der Waals surface area contributed by atoms with Crippen molar-refractivity contribution < 1.29 is 96.2 Å². The van der Waals surface area contributed by atoms with Gasteiger partial charge in [0, 0.05) is 101 Å². The van der Waals surface area contributed by atoms with Crippen LogP contribution in [0.5, 0.6) is 5.75 Å². The molecule has 2 saturated heterocycles. The Labute approximate surface area is 715 Å². The molecule has 5 N–H and O–H groups in total. The highest BCUT2D eigenvalue weighted by molar-refractivity contribution is 8.18. The number of hydrogen-bond donors (Lipinski definition) is 5. The van der Waals surface area contributed by atoms with Crippen LogP contribution in [0.15, 0.2) is 88.5 Å². The number of aryl methyl sites for hydroxylation is 1. The first-order valence-electron chi connectivity index (χ1n) is 40.0. The third-order valence-electron chi connectivity index (χ3n) is 22.8. The minimum atomic E-state index is -1.92. The first-order valence-corrected chi connectivity index (χ1v) is 43.4. The number of ketones is 2. The number of nitrogens with zero attached hydrogens (tertiary/aromatic N) is 7. The van der Waals surface area contributed by atoms with Crippen molar-refractivity contribution in [2.75, 3.05) is 78.6 Å². The van der Waals surface area contributed by atoms with Crippen molar-refractivity contribution in [1.29, 1.82) is 0 Å². The van der Waals surface area contributed by atoms with Gasteiger partial charge >= 0.3 is 24.0 Å². The Morgan fingerprint density at radius 1 is 0.891 bits per heavy atom. The topological polar surface area (TPSA) is 372 Å². The SMILES string of the molecule is CC[C@H](C)[C@H](NC(=O)C(C)(C)N(C)CCC(=O)CN1C(=O)/C=C/SCS/C=C/C(=O)N1CC(=O)CCCN(C)[C@@H](C)C(=O)O[C@H]1CC(=O)N(C)c2cc(cc(OC)c2Cl)C/C(C)=C/C=C/[C@@H](OC)[C@@]2(O)CC(OC(=O)N2)[C@@H](C)[C@H]2O[C@@]12C)C(=O)N(C)[C@H](C[C@@H](OC(C)=O)c1nc(C(=O)N[C@@H](Cc2ccc(C)cc2)CC(C)C(=O)O)cs1)C(C)C. The van der Waals surface area contributed by atoms with Gasteiger partial charge in [-0.15, -0.1) is 34.9 Å². The number of anilines is 1. The number of carboxylic acid groups (broad SMARTS) is 1. The van der Waals surface area contributed by atoms with E-state index >= 15 is 0 Å². The number of rotatable bonds is 35. The van der Waals surface area contributed by atoms with Crippen molar-refractivity contribution in [1.82, 2.24) is 45.7 Å². The zero-order valence-electron chi connectivity index (χ0n) is 71.7. The number of amides is 7. The number of thiazole rings is 1. The Balaban J connectivity index is 0.995. The summed E-state index contributed by atoms with van der Waals surface area (Å²) in [6.45, 7) is 21.3. The molecule has 654 valence electrons. The summed E-state index contributed by atoms with van der Waals surface area (Å²) in [5.41, 5.74) is -0.704. The number of fused-ring (bicyclic) bond motifs is 5. The predicted octanol–water partition coefficient (Wildman–Crippen LogP) is 9.97. The summed E-state index contributed by atoms with van der Waals surface area (Å²) in [5.74, 6) is -8.67. The number of likely N-dealkylation sites (N-methyl/N-ethyl adjacent to an activating group) is 3. The van der Waals surface area contributed by atoms with Crippen LogP contribution in [0, 0.1) is 30.6 Å². The van der Waals surface area contributed by atoms with Crippen molar-refractivity contribution in [3.05, 3.63) is 121 Å². The molecule has 119 heavy (non-hydrogen) atoms. The average Bonchev–Trinajstić information content (AvgIpc) is 1.57. The number of carbonyl (C=O) groups excluding carboxylic acids is 11. The van der Waals surface area contributed by atoms with E-state index in [2.05, 4.69) is 20.9 Å². The van der Waals surface area contributed by atoms with Gasteiger partial charge in [-0.3, -0.25) is 67.9 Å². The number of hydrazine groups is 1. The Morgan fingerprint density at radius 3 is 2.13 bits per heavy atom. The number of nitrogens with one attached hydrogen (secondary N) is 3. The number of esters is 2. The molecule has 3 aromatic rings. The number of allylic oxidation sites excluding steroid dienone is 3. The Hall–Kier alpha value is -8.54. The number of carbonyl (C=O) groups is 12. The van der Waals surface area contributed by atoms with Crippen LogP contribution in [0.25, 0.3) is 0 Å². The number of benzene rings is 2. The molecule has 0 aliphatic carbocycles. The maximum Gasteiger partial charge on any atom is 0.409 e. The van der Waals surface area contributed by atoms with E-state index in [1.165, 1.54) is 82.8 Å². The first kappa shape index (κ1) is 97.6. The van der Waals surface area contributed by atoms with Crippen LogP contribution in [-0.2, 0) is 84.5 Å². The molecule has 0 spiro atoms. The summed E-state index contributed by atoms with van der Waals surface area (Å²) >= 11 is 10.6. The number of thioether (sulfide) groups is 2. The fourth-order valence-corrected chi connectivity index (χ4v) is 17.0. The lowest BCUT2D eigenvalue weighted by molar-refractivity contribution is -0.161. The van der Waals surface area contributed by atoms with Crippen LogP contribution in [0.4, 0.5) is 10.5 Å². The zero-order valence-corrected chi connectivity index (χ0v) is 74.9. The molecule has 4 aliphatic rings. The molecule has 2 unspecified atom stereocenters. The van der Waals surface area contributed by atoms with E-state index in [0.29, 0.717) is 40.8 Å². The van der Waals surface area contributed by atoms with Crippen LogP contribution in [0.2, 0.25) is 5.02 Å². The van der Waals surface area contributed by atoms with Crippen LogP contribution >= 0.6 is 46.5 Å². The maximum atomic E-state index is 15.0. The molecule has 34 heteroatoms. The molecule has 30 nitrogen and oxygen atoms in total. The lowest BCUT2D eigenvalue weighted by atomic mass is 9.83. The van der Waals surface area contributed by atoms with Gasteiger partial charge in [-0.25, -0.2) is 19.8 Å². The van der Waals surface area contributed by atoms with E-state index in [1.807, 2.05) is 71.9 Å². The number of carboxylic acids is 1.